The summed E-state index contributed by atoms with van der Waals surface area (Å²) in [7, 11) is 2.08. The number of aliphatic imine (C=N–C) groups is 1. The zero-order chi connectivity index (χ0) is 18.5. The van der Waals surface area contributed by atoms with Gasteiger partial charge in [0.1, 0.15) is 11.3 Å². The summed E-state index contributed by atoms with van der Waals surface area (Å²) in [5.74, 6) is 0.634. The number of fused-ring (bicyclic) bond motifs is 1. The molecule has 0 aromatic carbocycles. The van der Waals surface area contributed by atoms with Gasteiger partial charge in [-0.25, -0.2) is 9.98 Å². The lowest BCUT2D eigenvalue weighted by Crippen LogP contribution is -2.38. The molecule has 0 bridgehead atoms. The van der Waals surface area contributed by atoms with E-state index in [-0.39, 0.29) is 0 Å². The molecule has 0 N–H and O–H groups in total. The number of aromatic nitrogens is 1. The molecule has 26 heavy (non-hydrogen) atoms. The Bertz CT molecular complexity index is 712. The number of carbonyl (C=O) groups is 1. The van der Waals surface area contributed by atoms with Gasteiger partial charge < -0.3 is 9.80 Å². The summed E-state index contributed by atoms with van der Waals surface area (Å²) in [6.07, 6.45) is 9.32. The average Bonchev–Trinajstić information content (AvgIpc) is 2.62. The maximum atomic E-state index is 11.7. The topological polar surface area (TPSA) is 48.8 Å². The van der Waals surface area contributed by atoms with E-state index in [9.17, 15) is 4.79 Å². The Morgan fingerprint density at radius 1 is 1.42 bits per heavy atom. The van der Waals surface area contributed by atoms with Crippen LogP contribution in [0.5, 0.6) is 0 Å². The molecule has 1 saturated heterocycles. The Labute approximate surface area is 160 Å². The van der Waals surface area contributed by atoms with E-state index in [2.05, 4.69) is 41.7 Å². The lowest BCUT2D eigenvalue weighted by molar-refractivity contribution is -0.104. The summed E-state index contributed by atoms with van der Waals surface area (Å²) in [6, 6.07) is 2.53. The molecule has 2 aliphatic heterocycles. The van der Waals surface area contributed by atoms with Crippen molar-refractivity contribution in [3.63, 3.8) is 0 Å². The largest absolute Gasteiger partial charge is 0.371 e. The van der Waals surface area contributed by atoms with Gasteiger partial charge in [0.25, 0.3) is 0 Å². The predicted molar refractivity (Wildman–Crippen MR) is 110 cm³/mol. The molecule has 3 rings (SSSR count). The van der Waals surface area contributed by atoms with Crippen molar-refractivity contribution in [2.45, 2.75) is 50.6 Å². The second-order valence-electron chi connectivity index (χ2n) is 6.89. The number of rotatable bonds is 8. The van der Waals surface area contributed by atoms with Crippen molar-refractivity contribution in [1.82, 2.24) is 9.88 Å². The SMILES string of the molecule is CCCC(CC)N(C)C=NC1=C(C=O)CSc2nccc(N3CCC3)c21. The van der Waals surface area contributed by atoms with E-state index < -0.39 is 0 Å². The molecule has 1 atom stereocenters. The van der Waals surface area contributed by atoms with Crippen LogP contribution in [0.2, 0.25) is 0 Å². The summed E-state index contributed by atoms with van der Waals surface area (Å²) in [5, 5.41) is 0.982. The van der Waals surface area contributed by atoms with E-state index in [1.165, 1.54) is 6.42 Å². The highest BCUT2D eigenvalue weighted by Gasteiger charge is 2.27. The Balaban J connectivity index is 1.96. The Morgan fingerprint density at radius 3 is 2.85 bits per heavy atom. The van der Waals surface area contributed by atoms with Crippen LogP contribution in [-0.2, 0) is 4.79 Å². The standard InChI is InChI=1S/C20H28N4OS/c1-4-7-16(5-2)23(3)14-22-19-15(12-25)13-26-20-18(19)17(8-9-21-20)24-10-6-11-24/h8-9,12,14,16H,4-7,10-11,13H2,1-3H3. The monoisotopic (exact) mass is 372 g/mol. The second-order valence-corrected chi connectivity index (χ2v) is 7.86. The van der Waals surface area contributed by atoms with Gasteiger partial charge in [-0.1, -0.05) is 20.3 Å². The summed E-state index contributed by atoms with van der Waals surface area (Å²) in [6.45, 7) is 6.53. The summed E-state index contributed by atoms with van der Waals surface area (Å²) >= 11 is 1.63. The molecular weight excluding hydrogens is 344 g/mol. The summed E-state index contributed by atoms with van der Waals surface area (Å²) in [5.41, 5.74) is 3.73. The highest BCUT2D eigenvalue weighted by molar-refractivity contribution is 7.99. The van der Waals surface area contributed by atoms with Gasteiger partial charge in [-0.15, -0.1) is 11.8 Å². The maximum Gasteiger partial charge on any atom is 0.149 e. The van der Waals surface area contributed by atoms with Crippen molar-refractivity contribution < 1.29 is 4.79 Å². The molecule has 5 nitrogen and oxygen atoms in total. The first kappa shape index (κ1) is 19.0. The molecular formula is C20H28N4OS. The van der Waals surface area contributed by atoms with E-state index in [4.69, 9.17) is 4.99 Å². The third-order valence-corrected chi connectivity index (χ3v) is 6.21. The van der Waals surface area contributed by atoms with Crippen molar-refractivity contribution >= 4 is 35.8 Å². The molecule has 0 saturated carbocycles. The third kappa shape index (κ3) is 3.80. The van der Waals surface area contributed by atoms with Crippen LogP contribution < -0.4 is 4.90 Å². The smallest absolute Gasteiger partial charge is 0.149 e. The predicted octanol–water partition coefficient (Wildman–Crippen LogP) is 3.85. The normalized spacial score (nSPS) is 17.9. The van der Waals surface area contributed by atoms with Gasteiger partial charge in [-0.2, -0.15) is 0 Å². The minimum Gasteiger partial charge on any atom is -0.371 e. The Hall–Kier alpha value is -1.82. The van der Waals surface area contributed by atoms with E-state index in [0.717, 1.165) is 66.2 Å². The summed E-state index contributed by atoms with van der Waals surface area (Å²) in [4.78, 5) is 25.6. The lowest BCUT2D eigenvalue weighted by atomic mass is 10.0. The van der Waals surface area contributed by atoms with Gasteiger partial charge in [-0.3, -0.25) is 4.79 Å². The first-order chi connectivity index (χ1) is 12.7. The van der Waals surface area contributed by atoms with Crippen LogP contribution in [0.1, 0.15) is 45.1 Å². The van der Waals surface area contributed by atoms with Gasteiger partial charge in [0.05, 0.1) is 23.3 Å². The molecule has 0 aliphatic carbocycles. The molecule has 0 amide bonds. The fourth-order valence-electron chi connectivity index (χ4n) is 3.47. The molecule has 3 heterocycles. The second kappa shape index (κ2) is 8.71. The highest BCUT2D eigenvalue weighted by Crippen LogP contribution is 2.42. The van der Waals surface area contributed by atoms with E-state index in [1.54, 1.807) is 11.8 Å². The fraction of sp³-hybridized carbons (Fsp3) is 0.550. The van der Waals surface area contributed by atoms with Crippen LogP contribution in [0.3, 0.4) is 0 Å². The fourth-order valence-corrected chi connectivity index (χ4v) is 4.45. The molecule has 2 aliphatic rings. The molecule has 1 unspecified atom stereocenters. The van der Waals surface area contributed by atoms with Crippen LogP contribution in [0.15, 0.2) is 27.9 Å². The zero-order valence-corrected chi connectivity index (χ0v) is 16.8. The maximum absolute atomic E-state index is 11.7. The van der Waals surface area contributed by atoms with Crippen LogP contribution in [0.4, 0.5) is 5.69 Å². The van der Waals surface area contributed by atoms with Crippen LogP contribution in [0.25, 0.3) is 5.70 Å². The molecule has 1 aromatic heterocycles. The van der Waals surface area contributed by atoms with Crippen molar-refractivity contribution in [2.24, 2.45) is 4.99 Å². The number of thioether (sulfide) groups is 1. The quantitative estimate of drug-likeness (QED) is 0.394. The molecule has 0 spiro atoms. The van der Waals surface area contributed by atoms with Crippen LogP contribution >= 0.6 is 11.8 Å². The average molecular weight is 373 g/mol. The van der Waals surface area contributed by atoms with Gasteiger partial charge >= 0.3 is 0 Å². The Morgan fingerprint density at radius 2 is 2.23 bits per heavy atom. The van der Waals surface area contributed by atoms with Gasteiger partial charge in [0, 0.05) is 43.7 Å². The van der Waals surface area contributed by atoms with Crippen molar-refractivity contribution in [3.8, 4) is 0 Å². The number of anilines is 1. The van der Waals surface area contributed by atoms with E-state index in [1.807, 2.05) is 12.5 Å². The van der Waals surface area contributed by atoms with E-state index >= 15 is 0 Å². The number of nitrogens with zero attached hydrogens (tertiary/aromatic N) is 4. The van der Waals surface area contributed by atoms with Crippen LogP contribution in [-0.4, -0.2) is 54.4 Å². The highest BCUT2D eigenvalue weighted by atomic mass is 32.2. The van der Waals surface area contributed by atoms with Crippen molar-refractivity contribution in [1.29, 1.82) is 0 Å². The molecule has 1 aromatic rings. The first-order valence-corrected chi connectivity index (χ1v) is 10.5. The Kier molecular flexibility index (Phi) is 6.35. The molecule has 140 valence electrons. The van der Waals surface area contributed by atoms with E-state index in [0.29, 0.717) is 11.8 Å². The number of hydrogen-bond acceptors (Lipinski definition) is 5. The first-order valence-electron chi connectivity index (χ1n) is 9.51. The lowest BCUT2D eigenvalue weighted by Gasteiger charge is -2.36. The molecule has 0 radical (unpaired) electrons. The number of pyridine rings is 1. The summed E-state index contributed by atoms with van der Waals surface area (Å²) < 4.78 is 0. The van der Waals surface area contributed by atoms with Gasteiger partial charge in [0.2, 0.25) is 0 Å². The van der Waals surface area contributed by atoms with Gasteiger partial charge in [-0.05, 0) is 25.3 Å². The number of carbonyl (C=O) groups excluding carboxylic acids is 1. The molecule has 1 fully saturated rings. The number of aldehydes is 1. The minimum atomic E-state index is 0.477. The van der Waals surface area contributed by atoms with Crippen molar-refractivity contribution in [3.05, 3.63) is 23.4 Å². The molecule has 6 heteroatoms. The van der Waals surface area contributed by atoms with Crippen molar-refractivity contribution in [2.75, 3.05) is 30.8 Å². The minimum absolute atomic E-state index is 0.477. The van der Waals surface area contributed by atoms with Gasteiger partial charge in [0.15, 0.2) is 0 Å². The van der Waals surface area contributed by atoms with Crippen LogP contribution in [0, 0.1) is 0 Å². The third-order valence-electron chi connectivity index (χ3n) is 5.18. The number of hydrogen-bond donors (Lipinski definition) is 0. The zero-order valence-electron chi connectivity index (χ0n) is 15.9.